The standard InChI is InChI=1S/C17H12Cl2N4O2S/c18-12-7-13(19)11(15(24)25)6-10(12)14-21-16(20)23-17(22-14)26-8-9-4-2-1-3-5-9/h1-7H,8H2,(H,24,25)(H2,20,21,22,23). The van der Waals surface area contributed by atoms with E-state index in [4.69, 9.17) is 28.9 Å². The number of hydrogen-bond donors (Lipinski definition) is 2. The normalized spacial score (nSPS) is 10.7. The quantitative estimate of drug-likeness (QED) is 0.604. The molecule has 0 saturated carbocycles. The van der Waals surface area contributed by atoms with E-state index >= 15 is 0 Å². The topological polar surface area (TPSA) is 102 Å². The molecule has 9 heteroatoms. The Hall–Kier alpha value is -2.35. The molecule has 3 rings (SSSR count). The van der Waals surface area contributed by atoms with Crippen molar-refractivity contribution in [3.63, 3.8) is 0 Å². The minimum atomic E-state index is -1.17. The number of benzene rings is 2. The number of thioether (sulfide) groups is 1. The van der Waals surface area contributed by atoms with E-state index in [-0.39, 0.29) is 27.4 Å². The molecule has 0 aliphatic carbocycles. The first-order chi connectivity index (χ1) is 12.4. The SMILES string of the molecule is Nc1nc(SCc2ccccc2)nc(-c2cc(C(=O)O)c(Cl)cc2Cl)n1. The van der Waals surface area contributed by atoms with E-state index in [1.165, 1.54) is 23.9 Å². The van der Waals surface area contributed by atoms with Gasteiger partial charge in [-0.2, -0.15) is 9.97 Å². The number of nitrogens with zero attached hydrogens (tertiary/aromatic N) is 3. The summed E-state index contributed by atoms with van der Waals surface area (Å²) in [6, 6.07) is 12.5. The fourth-order valence-electron chi connectivity index (χ4n) is 2.16. The van der Waals surface area contributed by atoms with E-state index in [9.17, 15) is 9.90 Å². The fourth-order valence-corrected chi connectivity index (χ4v) is 3.51. The summed E-state index contributed by atoms with van der Waals surface area (Å²) < 4.78 is 0. The minimum absolute atomic E-state index is 0.0217. The number of rotatable bonds is 5. The summed E-state index contributed by atoms with van der Waals surface area (Å²) in [6.07, 6.45) is 0. The zero-order chi connectivity index (χ0) is 18.7. The second kappa shape index (κ2) is 7.90. The Balaban J connectivity index is 1.95. The van der Waals surface area contributed by atoms with E-state index in [0.29, 0.717) is 16.5 Å². The number of carbonyl (C=O) groups is 1. The van der Waals surface area contributed by atoms with Crippen LogP contribution in [0.3, 0.4) is 0 Å². The van der Waals surface area contributed by atoms with Gasteiger partial charge in [0.05, 0.1) is 15.6 Å². The number of halogens is 2. The number of aromatic nitrogens is 3. The summed E-state index contributed by atoms with van der Waals surface area (Å²) in [4.78, 5) is 23.8. The van der Waals surface area contributed by atoms with Crippen LogP contribution in [0.5, 0.6) is 0 Å². The van der Waals surface area contributed by atoms with Gasteiger partial charge in [-0.25, -0.2) is 9.78 Å². The lowest BCUT2D eigenvalue weighted by Gasteiger charge is -2.08. The maximum absolute atomic E-state index is 11.3. The summed E-state index contributed by atoms with van der Waals surface area (Å²) in [5.41, 5.74) is 7.12. The van der Waals surface area contributed by atoms with Gasteiger partial charge < -0.3 is 10.8 Å². The number of nitrogens with two attached hydrogens (primary N) is 1. The van der Waals surface area contributed by atoms with Crippen LogP contribution in [-0.2, 0) is 5.75 Å². The molecule has 1 heterocycles. The van der Waals surface area contributed by atoms with Crippen molar-refractivity contribution in [2.45, 2.75) is 10.9 Å². The lowest BCUT2D eigenvalue weighted by atomic mass is 10.1. The Labute approximate surface area is 163 Å². The molecule has 3 N–H and O–H groups in total. The second-order valence-corrected chi connectivity index (χ2v) is 6.95. The molecule has 2 aromatic carbocycles. The molecule has 0 saturated heterocycles. The second-order valence-electron chi connectivity index (χ2n) is 5.19. The molecule has 0 radical (unpaired) electrons. The molecular formula is C17H12Cl2N4O2S. The van der Waals surface area contributed by atoms with Gasteiger partial charge in [0.1, 0.15) is 0 Å². The van der Waals surface area contributed by atoms with Crippen LogP contribution in [0.25, 0.3) is 11.4 Å². The van der Waals surface area contributed by atoms with Crippen molar-refractivity contribution < 1.29 is 9.90 Å². The van der Waals surface area contributed by atoms with Crippen LogP contribution in [0.2, 0.25) is 10.0 Å². The van der Waals surface area contributed by atoms with Crippen molar-refractivity contribution in [2.24, 2.45) is 0 Å². The Morgan fingerprint density at radius 3 is 2.50 bits per heavy atom. The average Bonchev–Trinajstić information content (AvgIpc) is 2.60. The van der Waals surface area contributed by atoms with Crippen LogP contribution in [0, 0.1) is 0 Å². The Morgan fingerprint density at radius 1 is 1.08 bits per heavy atom. The van der Waals surface area contributed by atoms with Gasteiger partial charge >= 0.3 is 5.97 Å². The third-order valence-corrected chi connectivity index (χ3v) is 4.91. The summed E-state index contributed by atoms with van der Waals surface area (Å²) in [7, 11) is 0. The van der Waals surface area contributed by atoms with Crippen LogP contribution >= 0.6 is 35.0 Å². The van der Waals surface area contributed by atoms with E-state index in [1.54, 1.807) is 0 Å². The number of anilines is 1. The van der Waals surface area contributed by atoms with Gasteiger partial charge in [0.15, 0.2) is 11.0 Å². The van der Waals surface area contributed by atoms with Gasteiger partial charge in [-0.3, -0.25) is 0 Å². The van der Waals surface area contributed by atoms with Gasteiger partial charge in [-0.1, -0.05) is 65.3 Å². The number of carboxylic acids is 1. The van der Waals surface area contributed by atoms with Gasteiger partial charge in [0, 0.05) is 11.3 Å². The molecule has 0 spiro atoms. The lowest BCUT2D eigenvalue weighted by molar-refractivity contribution is 0.0697. The number of hydrogen-bond acceptors (Lipinski definition) is 6. The first kappa shape index (κ1) is 18.4. The summed E-state index contributed by atoms with van der Waals surface area (Å²) >= 11 is 13.5. The van der Waals surface area contributed by atoms with Gasteiger partial charge in [0.25, 0.3) is 0 Å². The largest absolute Gasteiger partial charge is 0.478 e. The molecule has 0 fully saturated rings. The van der Waals surface area contributed by atoms with Crippen LogP contribution < -0.4 is 5.73 Å². The third-order valence-electron chi connectivity index (χ3n) is 3.37. The van der Waals surface area contributed by atoms with Crippen LogP contribution in [0.1, 0.15) is 15.9 Å². The highest BCUT2D eigenvalue weighted by atomic mass is 35.5. The molecule has 0 bridgehead atoms. The molecule has 132 valence electrons. The van der Waals surface area contributed by atoms with Gasteiger partial charge in [-0.05, 0) is 17.7 Å². The zero-order valence-electron chi connectivity index (χ0n) is 13.2. The van der Waals surface area contributed by atoms with Crippen molar-refractivity contribution >= 4 is 46.9 Å². The first-order valence-corrected chi connectivity index (χ1v) is 9.09. The maximum Gasteiger partial charge on any atom is 0.337 e. The molecule has 0 unspecified atom stereocenters. The van der Waals surface area contributed by atoms with Crippen LogP contribution in [-0.4, -0.2) is 26.0 Å². The molecule has 26 heavy (non-hydrogen) atoms. The lowest BCUT2D eigenvalue weighted by Crippen LogP contribution is -2.04. The maximum atomic E-state index is 11.3. The van der Waals surface area contributed by atoms with Crippen LogP contribution in [0.4, 0.5) is 5.95 Å². The predicted octanol–water partition coefficient (Wildman–Crippen LogP) is 4.42. The van der Waals surface area contributed by atoms with Crippen molar-refractivity contribution in [1.82, 2.24) is 15.0 Å². The summed E-state index contributed by atoms with van der Waals surface area (Å²) in [5.74, 6) is -0.308. The Morgan fingerprint density at radius 2 is 1.81 bits per heavy atom. The number of nitrogen functional groups attached to an aromatic ring is 1. The average molecular weight is 407 g/mol. The predicted molar refractivity (Wildman–Crippen MR) is 103 cm³/mol. The highest BCUT2D eigenvalue weighted by molar-refractivity contribution is 7.98. The van der Waals surface area contributed by atoms with Crippen molar-refractivity contribution in [3.8, 4) is 11.4 Å². The Bertz CT molecular complexity index is 970. The van der Waals surface area contributed by atoms with E-state index < -0.39 is 5.97 Å². The Kier molecular flexibility index (Phi) is 5.61. The van der Waals surface area contributed by atoms with Crippen molar-refractivity contribution in [1.29, 1.82) is 0 Å². The molecule has 0 atom stereocenters. The summed E-state index contributed by atoms with van der Waals surface area (Å²) in [5, 5.41) is 9.91. The fraction of sp³-hybridized carbons (Fsp3) is 0.0588. The molecule has 0 aliphatic rings. The molecule has 0 amide bonds. The number of carboxylic acid groups (broad SMARTS) is 1. The molecule has 1 aromatic heterocycles. The smallest absolute Gasteiger partial charge is 0.337 e. The zero-order valence-corrected chi connectivity index (χ0v) is 15.5. The van der Waals surface area contributed by atoms with Gasteiger partial charge in [-0.15, -0.1) is 0 Å². The summed E-state index contributed by atoms with van der Waals surface area (Å²) in [6.45, 7) is 0. The minimum Gasteiger partial charge on any atom is -0.478 e. The number of aromatic carboxylic acids is 1. The third kappa shape index (κ3) is 4.24. The van der Waals surface area contributed by atoms with Gasteiger partial charge in [0.2, 0.25) is 5.95 Å². The van der Waals surface area contributed by atoms with E-state index in [0.717, 1.165) is 5.56 Å². The molecule has 3 aromatic rings. The van der Waals surface area contributed by atoms with E-state index in [2.05, 4.69) is 15.0 Å². The van der Waals surface area contributed by atoms with E-state index in [1.807, 2.05) is 30.3 Å². The highest BCUT2D eigenvalue weighted by Gasteiger charge is 2.17. The molecule has 6 nitrogen and oxygen atoms in total. The highest BCUT2D eigenvalue weighted by Crippen LogP contribution is 2.32. The first-order valence-electron chi connectivity index (χ1n) is 7.35. The molecular weight excluding hydrogens is 395 g/mol. The van der Waals surface area contributed by atoms with Crippen molar-refractivity contribution in [3.05, 3.63) is 63.6 Å². The molecule has 0 aliphatic heterocycles. The monoisotopic (exact) mass is 406 g/mol. The van der Waals surface area contributed by atoms with Crippen LogP contribution in [0.15, 0.2) is 47.6 Å². The van der Waals surface area contributed by atoms with Crippen molar-refractivity contribution in [2.75, 3.05) is 5.73 Å².